The summed E-state index contributed by atoms with van der Waals surface area (Å²) in [6, 6.07) is 2.37. The van der Waals surface area contributed by atoms with Crippen LogP contribution in [0.25, 0.3) is 0 Å². The Bertz CT molecular complexity index is 396. The van der Waals surface area contributed by atoms with E-state index in [1.807, 2.05) is 12.3 Å². The van der Waals surface area contributed by atoms with Gasteiger partial charge in [-0.05, 0) is 25.6 Å². The fourth-order valence-corrected chi connectivity index (χ4v) is 2.78. The van der Waals surface area contributed by atoms with Gasteiger partial charge in [-0.15, -0.1) is 0 Å². The van der Waals surface area contributed by atoms with Crippen molar-refractivity contribution >= 4 is 29.2 Å². The lowest BCUT2D eigenvalue weighted by Crippen LogP contribution is -2.42. The number of thioether (sulfide) groups is 1. The Morgan fingerprint density at radius 1 is 1.50 bits per heavy atom. The van der Waals surface area contributed by atoms with Gasteiger partial charge in [-0.1, -0.05) is 29.8 Å². The van der Waals surface area contributed by atoms with Crippen LogP contribution < -0.4 is 10.2 Å². The third kappa shape index (κ3) is 3.73. The molecule has 100 valence electrons. The van der Waals surface area contributed by atoms with Crippen LogP contribution >= 0.6 is 23.4 Å². The summed E-state index contributed by atoms with van der Waals surface area (Å²) in [5.41, 5.74) is 0. The molecule has 2 heterocycles. The van der Waals surface area contributed by atoms with Gasteiger partial charge in [0.05, 0.1) is 0 Å². The fourth-order valence-electron chi connectivity index (χ4n) is 2.18. The molecular weight excluding hydrogens is 268 g/mol. The van der Waals surface area contributed by atoms with Crippen molar-refractivity contribution in [3.63, 3.8) is 0 Å². The number of halogens is 1. The molecule has 0 saturated carbocycles. The Kier molecular flexibility index (Phi) is 5.09. The molecule has 0 amide bonds. The quantitative estimate of drug-likeness (QED) is 0.523. The standard InChI is InChI=1S/C12H19ClN4S/c1-17(8-9-5-3-4-6-14-9)11-7-10(13)15-12(16-11)18-2/h7,9,14H,3-6,8H2,1-2H3/t9-/m0/s1. The van der Waals surface area contributed by atoms with Crippen molar-refractivity contribution in [1.82, 2.24) is 15.3 Å². The van der Waals surface area contributed by atoms with E-state index in [0.717, 1.165) is 24.1 Å². The Morgan fingerprint density at radius 3 is 3.00 bits per heavy atom. The number of likely N-dealkylation sites (N-methyl/N-ethyl adjacent to an activating group) is 1. The molecular formula is C12H19ClN4S. The van der Waals surface area contributed by atoms with Gasteiger partial charge in [-0.3, -0.25) is 0 Å². The lowest BCUT2D eigenvalue weighted by atomic mass is 10.0. The second-order valence-corrected chi connectivity index (χ2v) is 5.72. The van der Waals surface area contributed by atoms with E-state index in [4.69, 9.17) is 11.6 Å². The molecule has 0 bridgehead atoms. The van der Waals surface area contributed by atoms with Crippen molar-refractivity contribution in [2.24, 2.45) is 0 Å². The summed E-state index contributed by atoms with van der Waals surface area (Å²) in [7, 11) is 2.05. The van der Waals surface area contributed by atoms with E-state index >= 15 is 0 Å². The third-order valence-electron chi connectivity index (χ3n) is 3.14. The van der Waals surface area contributed by atoms with Crippen LogP contribution in [-0.4, -0.2) is 42.4 Å². The zero-order valence-corrected chi connectivity index (χ0v) is 12.4. The van der Waals surface area contributed by atoms with Gasteiger partial charge in [-0.2, -0.15) is 0 Å². The van der Waals surface area contributed by atoms with Crippen molar-refractivity contribution in [1.29, 1.82) is 0 Å². The molecule has 0 spiro atoms. The summed E-state index contributed by atoms with van der Waals surface area (Å²) in [5, 5.41) is 4.77. The number of hydrogen-bond donors (Lipinski definition) is 1. The highest BCUT2D eigenvalue weighted by Gasteiger charge is 2.16. The summed E-state index contributed by atoms with van der Waals surface area (Å²) in [6.07, 6.45) is 5.79. The average molecular weight is 287 g/mol. The van der Waals surface area contributed by atoms with Crippen molar-refractivity contribution in [3.8, 4) is 0 Å². The fraction of sp³-hybridized carbons (Fsp3) is 0.667. The molecule has 18 heavy (non-hydrogen) atoms. The SMILES string of the molecule is CSc1nc(Cl)cc(N(C)C[C@@H]2CCCCN2)n1. The van der Waals surface area contributed by atoms with Crippen molar-refractivity contribution in [2.45, 2.75) is 30.5 Å². The van der Waals surface area contributed by atoms with Crippen LogP contribution in [0.15, 0.2) is 11.2 Å². The smallest absolute Gasteiger partial charge is 0.190 e. The van der Waals surface area contributed by atoms with Gasteiger partial charge >= 0.3 is 0 Å². The number of piperidine rings is 1. The van der Waals surface area contributed by atoms with E-state index in [9.17, 15) is 0 Å². The largest absolute Gasteiger partial charge is 0.358 e. The van der Waals surface area contributed by atoms with E-state index in [1.54, 1.807) is 0 Å². The first-order chi connectivity index (χ1) is 8.69. The maximum Gasteiger partial charge on any atom is 0.190 e. The summed E-state index contributed by atoms with van der Waals surface area (Å²) in [4.78, 5) is 10.8. The van der Waals surface area contributed by atoms with Crippen LogP contribution in [0, 0.1) is 0 Å². The van der Waals surface area contributed by atoms with Gasteiger partial charge in [0, 0.05) is 25.7 Å². The number of nitrogens with one attached hydrogen (secondary N) is 1. The molecule has 1 aliphatic rings. The van der Waals surface area contributed by atoms with Gasteiger partial charge in [-0.25, -0.2) is 9.97 Å². The van der Waals surface area contributed by atoms with Gasteiger partial charge < -0.3 is 10.2 Å². The maximum absolute atomic E-state index is 6.01. The molecule has 1 saturated heterocycles. The molecule has 0 unspecified atom stereocenters. The lowest BCUT2D eigenvalue weighted by molar-refractivity contribution is 0.402. The van der Waals surface area contributed by atoms with Gasteiger partial charge in [0.15, 0.2) is 5.16 Å². The Hall–Kier alpha value is -0.520. The molecule has 1 fully saturated rings. The second-order valence-electron chi connectivity index (χ2n) is 4.56. The highest BCUT2D eigenvalue weighted by Crippen LogP contribution is 2.20. The first kappa shape index (κ1) is 13.9. The molecule has 1 aromatic rings. The number of nitrogens with zero attached hydrogens (tertiary/aromatic N) is 3. The zero-order valence-electron chi connectivity index (χ0n) is 10.8. The van der Waals surface area contributed by atoms with Gasteiger partial charge in [0.25, 0.3) is 0 Å². The van der Waals surface area contributed by atoms with E-state index in [2.05, 4.69) is 27.2 Å². The molecule has 0 radical (unpaired) electrons. The molecule has 6 heteroatoms. The van der Waals surface area contributed by atoms with Crippen LogP contribution in [-0.2, 0) is 0 Å². The number of anilines is 1. The lowest BCUT2D eigenvalue weighted by Gasteiger charge is -2.28. The van der Waals surface area contributed by atoms with Crippen LogP contribution in [0.4, 0.5) is 5.82 Å². The Balaban J connectivity index is 2.02. The van der Waals surface area contributed by atoms with Crippen LogP contribution in [0.2, 0.25) is 5.15 Å². The minimum absolute atomic E-state index is 0.507. The topological polar surface area (TPSA) is 41.1 Å². The zero-order chi connectivity index (χ0) is 13.0. The first-order valence-corrected chi connectivity index (χ1v) is 7.82. The Labute approximate surface area is 118 Å². The van der Waals surface area contributed by atoms with Gasteiger partial charge in [0.2, 0.25) is 0 Å². The summed E-state index contributed by atoms with van der Waals surface area (Å²) in [5.74, 6) is 0.895. The molecule has 2 rings (SSSR count). The second kappa shape index (κ2) is 6.59. The predicted octanol–water partition coefficient (Wildman–Crippen LogP) is 2.43. The minimum Gasteiger partial charge on any atom is -0.358 e. The third-order valence-corrected chi connectivity index (χ3v) is 3.88. The van der Waals surface area contributed by atoms with E-state index in [1.165, 1.54) is 31.0 Å². The van der Waals surface area contributed by atoms with Crippen molar-refractivity contribution in [2.75, 3.05) is 31.3 Å². The van der Waals surface area contributed by atoms with E-state index in [-0.39, 0.29) is 0 Å². The number of rotatable bonds is 4. The highest BCUT2D eigenvalue weighted by molar-refractivity contribution is 7.98. The van der Waals surface area contributed by atoms with E-state index in [0.29, 0.717) is 11.2 Å². The number of hydrogen-bond acceptors (Lipinski definition) is 5. The molecule has 1 N–H and O–H groups in total. The highest BCUT2D eigenvalue weighted by atomic mass is 35.5. The predicted molar refractivity (Wildman–Crippen MR) is 77.7 cm³/mol. The molecule has 1 aliphatic heterocycles. The normalized spacial score (nSPS) is 19.8. The van der Waals surface area contributed by atoms with Crippen LogP contribution in [0.3, 0.4) is 0 Å². The molecule has 0 aliphatic carbocycles. The van der Waals surface area contributed by atoms with Crippen molar-refractivity contribution in [3.05, 3.63) is 11.2 Å². The average Bonchev–Trinajstić information content (AvgIpc) is 2.39. The molecule has 0 aromatic carbocycles. The summed E-state index contributed by atoms with van der Waals surface area (Å²) in [6.45, 7) is 2.08. The first-order valence-electron chi connectivity index (χ1n) is 6.22. The van der Waals surface area contributed by atoms with Crippen LogP contribution in [0.1, 0.15) is 19.3 Å². The van der Waals surface area contributed by atoms with Crippen LogP contribution in [0.5, 0.6) is 0 Å². The number of aromatic nitrogens is 2. The van der Waals surface area contributed by atoms with Crippen molar-refractivity contribution < 1.29 is 0 Å². The monoisotopic (exact) mass is 286 g/mol. The summed E-state index contributed by atoms with van der Waals surface area (Å²) >= 11 is 7.52. The Morgan fingerprint density at radius 2 is 2.33 bits per heavy atom. The minimum atomic E-state index is 0.507. The maximum atomic E-state index is 6.01. The van der Waals surface area contributed by atoms with Gasteiger partial charge in [0.1, 0.15) is 11.0 Å². The molecule has 1 aromatic heterocycles. The van der Waals surface area contributed by atoms with E-state index < -0.39 is 0 Å². The summed E-state index contributed by atoms with van der Waals surface area (Å²) < 4.78 is 0. The molecule has 1 atom stereocenters. The molecule has 4 nitrogen and oxygen atoms in total.